The molecule has 3 N–H and O–H groups in total. The smallest absolute Gasteiger partial charge is 0.122 e. The van der Waals surface area contributed by atoms with Gasteiger partial charge in [-0.1, -0.05) is 0 Å². The monoisotopic (exact) mass is 132 g/mol. The summed E-state index contributed by atoms with van der Waals surface area (Å²) in [6.07, 6.45) is 0.486. The molecule has 0 aromatic heterocycles. The molecule has 1 heterocycles. The summed E-state index contributed by atoms with van der Waals surface area (Å²) in [6, 6.07) is -0.00579. The van der Waals surface area contributed by atoms with Crippen LogP contribution in [0.15, 0.2) is 0 Å². The molecule has 0 spiro atoms. The second kappa shape index (κ2) is 2.23. The Hall–Kier alpha value is -0.150. The Morgan fingerprint density at radius 2 is 2.44 bits per heavy atom. The van der Waals surface area contributed by atoms with Gasteiger partial charge in [-0.05, 0) is 13.3 Å². The number of nitrogens with two attached hydrogens (primary N) is 1. The molecule has 1 rings (SSSR count). The van der Waals surface area contributed by atoms with Crippen LogP contribution >= 0.6 is 0 Å². The molecule has 1 aliphatic heterocycles. The number of hydrogen-bond donors (Lipinski definition) is 2. The average molecular weight is 132 g/mol. The maximum atomic E-state index is 13.0. The van der Waals surface area contributed by atoms with Crippen molar-refractivity contribution in [3.8, 4) is 0 Å². The molecule has 9 heavy (non-hydrogen) atoms. The normalized spacial score (nSPS) is 45.0. The molecule has 0 radical (unpaired) electrons. The van der Waals surface area contributed by atoms with Gasteiger partial charge in [-0.2, -0.15) is 0 Å². The summed E-state index contributed by atoms with van der Waals surface area (Å²) in [7, 11) is 0. The van der Waals surface area contributed by atoms with Gasteiger partial charge in [-0.3, -0.25) is 0 Å². The van der Waals surface area contributed by atoms with Gasteiger partial charge in [0.1, 0.15) is 5.67 Å². The van der Waals surface area contributed by atoms with Crippen molar-refractivity contribution in [2.24, 2.45) is 5.73 Å². The van der Waals surface area contributed by atoms with Crippen molar-refractivity contribution in [3.63, 3.8) is 0 Å². The summed E-state index contributed by atoms with van der Waals surface area (Å²) in [5, 5.41) is 2.92. The van der Waals surface area contributed by atoms with E-state index >= 15 is 0 Å². The van der Waals surface area contributed by atoms with Crippen molar-refractivity contribution in [2.45, 2.75) is 25.1 Å². The summed E-state index contributed by atoms with van der Waals surface area (Å²) in [4.78, 5) is 0. The summed E-state index contributed by atoms with van der Waals surface area (Å²) < 4.78 is 13.0. The summed E-state index contributed by atoms with van der Waals surface area (Å²) in [5.74, 6) is 0. The molecule has 0 amide bonds. The minimum absolute atomic E-state index is 0.00579. The third-order valence-electron chi connectivity index (χ3n) is 1.59. The van der Waals surface area contributed by atoms with E-state index < -0.39 is 5.67 Å². The Bertz CT molecular complexity index is 103. The van der Waals surface area contributed by atoms with Crippen molar-refractivity contribution >= 4 is 0 Å². The van der Waals surface area contributed by atoms with Crippen molar-refractivity contribution in [1.82, 2.24) is 5.32 Å². The van der Waals surface area contributed by atoms with Crippen molar-refractivity contribution < 1.29 is 4.39 Å². The van der Waals surface area contributed by atoms with E-state index in [2.05, 4.69) is 5.32 Å². The highest BCUT2D eigenvalue weighted by Crippen LogP contribution is 2.18. The van der Waals surface area contributed by atoms with Crippen LogP contribution in [0.5, 0.6) is 0 Å². The van der Waals surface area contributed by atoms with Gasteiger partial charge in [0.05, 0.1) is 0 Å². The zero-order valence-electron chi connectivity index (χ0n) is 5.65. The lowest BCUT2D eigenvalue weighted by molar-refractivity contribution is 0.133. The van der Waals surface area contributed by atoms with E-state index in [1.165, 1.54) is 0 Å². The molecular formula is C6H13FN2. The predicted octanol–water partition coefficient (Wildman–Crippen LogP) is 0.0352. The number of halogens is 1. The van der Waals surface area contributed by atoms with Gasteiger partial charge in [0.2, 0.25) is 0 Å². The maximum Gasteiger partial charge on any atom is 0.122 e. The fourth-order valence-electron chi connectivity index (χ4n) is 1.21. The van der Waals surface area contributed by atoms with Gasteiger partial charge in [0, 0.05) is 19.1 Å². The lowest BCUT2D eigenvalue weighted by atomic mass is 9.95. The molecule has 3 heteroatoms. The predicted molar refractivity (Wildman–Crippen MR) is 35.0 cm³/mol. The van der Waals surface area contributed by atoms with E-state index in [1.807, 2.05) is 0 Å². The fraction of sp³-hybridized carbons (Fsp3) is 1.00. The minimum Gasteiger partial charge on any atom is -0.326 e. The fourth-order valence-corrected chi connectivity index (χ4v) is 1.21. The Balaban J connectivity index is 2.41. The van der Waals surface area contributed by atoms with Crippen LogP contribution in [0, 0.1) is 0 Å². The van der Waals surface area contributed by atoms with E-state index in [0.717, 1.165) is 6.54 Å². The molecule has 2 nitrogen and oxygen atoms in total. The average Bonchev–Trinajstić information content (AvgIpc) is 1.60. The largest absolute Gasteiger partial charge is 0.326 e. The van der Waals surface area contributed by atoms with Crippen LogP contribution in [0.3, 0.4) is 0 Å². The standard InChI is InChI=1S/C6H13FN2/c1-6(7)2-5(8)3-9-4-6/h5,9H,2-4,8H2,1H3/t5-,6-/m0/s1. The van der Waals surface area contributed by atoms with E-state index in [-0.39, 0.29) is 6.04 Å². The highest BCUT2D eigenvalue weighted by atomic mass is 19.1. The first-order valence-corrected chi connectivity index (χ1v) is 3.25. The number of rotatable bonds is 0. The Morgan fingerprint density at radius 1 is 1.78 bits per heavy atom. The van der Waals surface area contributed by atoms with Crippen LogP contribution in [-0.4, -0.2) is 24.8 Å². The van der Waals surface area contributed by atoms with Gasteiger partial charge < -0.3 is 11.1 Å². The number of alkyl halides is 1. The zero-order valence-corrected chi connectivity index (χ0v) is 5.65. The molecule has 54 valence electrons. The molecular weight excluding hydrogens is 119 g/mol. The first-order chi connectivity index (χ1) is 4.10. The molecule has 0 saturated carbocycles. The number of nitrogens with one attached hydrogen (secondary N) is 1. The van der Waals surface area contributed by atoms with Crippen molar-refractivity contribution in [1.29, 1.82) is 0 Å². The highest BCUT2D eigenvalue weighted by molar-refractivity contribution is 4.87. The first kappa shape index (κ1) is 6.96. The second-order valence-electron chi connectivity index (χ2n) is 3.01. The molecule has 0 unspecified atom stereocenters. The van der Waals surface area contributed by atoms with Crippen LogP contribution in [0.2, 0.25) is 0 Å². The molecule has 0 aromatic carbocycles. The lowest BCUT2D eigenvalue weighted by Crippen LogP contribution is -2.50. The molecule has 2 atom stereocenters. The third kappa shape index (κ3) is 1.91. The molecule has 1 saturated heterocycles. The first-order valence-electron chi connectivity index (χ1n) is 3.25. The zero-order chi connectivity index (χ0) is 6.91. The Morgan fingerprint density at radius 3 is 2.78 bits per heavy atom. The van der Waals surface area contributed by atoms with Crippen LogP contribution < -0.4 is 11.1 Å². The van der Waals surface area contributed by atoms with Gasteiger partial charge in [0.25, 0.3) is 0 Å². The quantitative estimate of drug-likeness (QED) is 0.488. The van der Waals surface area contributed by atoms with Crippen LogP contribution in [0.4, 0.5) is 4.39 Å². The highest BCUT2D eigenvalue weighted by Gasteiger charge is 2.29. The number of piperidine rings is 1. The summed E-state index contributed by atoms with van der Waals surface area (Å²) >= 11 is 0. The second-order valence-corrected chi connectivity index (χ2v) is 3.01. The topological polar surface area (TPSA) is 38.0 Å². The minimum atomic E-state index is -1.09. The third-order valence-corrected chi connectivity index (χ3v) is 1.59. The Labute approximate surface area is 54.6 Å². The van der Waals surface area contributed by atoms with Crippen LogP contribution in [0.1, 0.15) is 13.3 Å². The SMILES string of the molecule is C[C@@]1(F)CNC[C@@H](N)C1. The van der Waals surface area contributed by atoms with Gasteiger partial charge in [0.15, 0.2) is 0 Å². The van der Waals surface area contributed by atoms with E-state index in [1.54, 1.807) is 6.92 Å². The maximum absolute atomic E-state index is 13.0. The molecule has 0 aliphatic carbocycles. The van der Waals surface area contributed by atoms with Crippen LogP contribution in [-0.2, 0) is 0 Å². The van der Waals surface area contributed by atoms with Gasteiger partial charge in [-0.15, -0.1) is 0 Å². The summed E-state index contributed by atoms with van der Waals surface area (Å²) in [6.45, 7) is 2.78. The van der Waals surface area contributed by atoms with E-state index in [9.17, 15) is 4.39 Å². The molecule has 0 bridgehead atoms. The lowest BCUT2D eigenvalue weighted by Gasteiger charge is -2.30. The van der Waals surface area contributed by atoms with E-state index in [4.69, 9.17) is 5.73 Å². The molecule has 1 aliphatic rings. The van der Waals surface area contributed by atoms with E-state index in [0.29, 0.717) is 13.0 Å². The van der Waals surface area contributed by atoms with Crippen molar-refractivity contribution in [2.75, 3.05) is 13.1 Å². The summed E-state index contributed by atoms with van der Waals surface area (Å²) in [5.41, 5.74) is 4.42. The molecule has 0 aromatic rings. The Kier molecular flexibility index (Phi) is 1.73. The molecule has 1 fully saturated rings. The number of hydrogen-bond acceptors (Lipinski definition) is 2. The van der Waals surface area contributed by atoms with Crippen LogP contribution in [0.25, 0.3) is 0 Å². The van der Waals surface area contributed by atoms with Gasteiger partial charge in [-0.25, -0.2) is 4.39 Å². The van der Waals surface area contributed by atoms with Crippen molar-refractivity contribution in [3.05, 3.63) is 0 Å². The van der Waals surface area contributed by atoms with Gasteiger partial charge >= 0.3 is 0 Å².